The first-order chi connectivity index (χ1) is 16.1. The van der Waals surface area contributed by atoms with Crippen LogP contribution >= 0.6 is 0 Å². The highest BCUT2D eigenvalue weighted by Crippen LogP contribution is 2.30. The van der Waals surface area contributed by atoms with E-state index in [1.807, 2.05) is 23.7 Å². The molecule has 1 amide bonds. The van der Waals surface area contributed by atoms with Gasteiger partial charge in [0.1, 0.15) is 11.5 Å². The number of pyridine rings is 1. The minimum Gasteiger partial charge on any atom is -0.377 e. The summed E-state index contributed by atoms with van der Waals surface area (Å²) in [6.07, 6.45) is 4.32. The predicted molar refractivity (Wildman–Crippen MR) is 140 cm³/mol. The maximum absolute atomic E-state index is 12.7. The quantitative estimate of drug-likeness (QED) is 0.541. The van der Waals surface area contributed by atoms with Crippen molar-refractivity contribution in [3.05, 3.63) is 47.8 Å². The van der Waals surface area contributed by atoms with Crippen LogP contribution in [0, 0.1) is 12.8 Å². The molecule has 0 unspecified atom stereocenters. The molecule has 1 aliphatic carbocycles. The summed E-state index contributed by atoms with van der Waals surface area (Å²) < 4.78 is 1.92. The maximum atomic E-state index is 12.7. The van der Waals surface area contributed by atoms with E-state index >= 15 is 0 Å². The number of aromatic nitrogens is 3. The summed E-state index contributed by atoms with van der Waals surface area (Å²) in [6, 6.07) is 12.7. The summed E-state index contributed by atoms with van der Waals surface area (Å²) in [4.78, 5) is 19.7. The number of hydrogen-bond donors (Lipinski definition) is 2. The molecule has 2 heterocycles. The summed E-state index contributed by atoms with van der Waals surface area (Å²) in [6.45, 7) is 8.98. The number of amides is 1. The van der Waals surface area contributed by atoms with Crippen molar-refractivity contribution >= 4 is 28.3 Å². The lowest BCUT2D eigenvalue weighted by atomic mass is 9.86. The molecule has 0 aliphatic heterocycles. The van der Waals surface area contributed by atoms with Gasteiger partial charge in [0.15, 0.2) is 0 Å². The van der Waals surface area contributed by atoms with Gasteiger partial charge >= 0.3 is 0 Å². The SMILES string of the molecule is Cc1cc(C(=O)NC[C@H]2CC[C@@H](Nc3cc(N(C)C)c4ccccc4n3)CC2)nn1C(C)(C)C. The number of nitrogens with zero attached hydrogens (tertiary/aromatic N) is 4. The van der Waals surface area contributed by atoms with Gasteiger partial charge in [-0.05, 0) is 71.4 Å². The van der Waals surface area contributed by atoms with Gasteiger partial charge in [0.25, 0.3) is 5.91 Å². The highest BCUT2D eigenvalue weighted by atomic mass is 16.1. The minimum atomic E-state index is -0.138. The average molecular weight is 463 g/mol. The molecule has 3 aromatic rings. The topological polar surface area (TPSA) is 75.1 Å². The molecule has 34 heavy (non-hydrogen) atoms. The van der Waals surface area contributed by atoms with E-state index in [0.717, 1.165) is 42.7 Å². The van der Waals surface area contributed by atoms with Crippen molar-refractivity contribution in [1.29, 1.82) is 0 Å². The fourth-order valence-electron chi connectivity index (χ4n) is 4.91. The number of carbonyl (C=O) groups excluding carboxylic acids is 1. The van der Waals surface area contributed by atoms with E-state index in [1.54, 1.807) is 0 Å². The Balaban J connectivity index is 1.31. The van der Waals surface area contributed by atoms with Gasteiger partial charge in [0.2, 0.25) is 0 Å². The highest BCUT2D eigenvalue weighted by Gasteiger charge is 2.24. The first-order valence-corrected chi connectivity index (χ1v) is 12.3. The molecule has 2 aromatic heterocycles. The minimum absolute atomic E-state index is 0.0806. The van der Waals surface area contributed by atoms with Gasteiger partial charge in [-0.15, -0.1) is 0 Å². The van der Waals surface area contributed by atoms with Crippen LogP contribution in [0.4, 0.5) is 11.5 Å². The Morgan fingerprint density at radius 3 is 2.47 bits per heavy atom. The molecule has 182 valence electrons. The molecule has 1 saturated carbocycles. The zero-order valence-corrected chi connectivity index (χ0v) is 21.4. The Labute approximate surface area is 202 Å². The third-order valence-corrected chi connectivity index (χ3v) is 6.68. The number of rotatable bonds is 6. The summed E-state index contributed by atoms with van der Waals surface area (Å²) >= 11 is 0. The molecule has 0 atom stereocenters. The van der Waals surface area contributed by atoms with Gasteiger partial charge in [-0.3, -0.25) is 9.48 Å². The molecule has 0 saturated heterocycles. The van der Waals surface area contributed by atoms with Crippen LogP contribution in [0.15, 0.2) is 36.4 Å². The second-order valence-corrected chi connectivity index (χ2v) is 10.8. The fourth-order valence-corrected chi connectivity index (χ4v) is 4.91. The number of anilines is 2. The van der Waals surface area contributed by atoms with Crippen molar-refractivity contribution in [2.24, 2.45) is 5.92 Å². The number of hydrogen-bond acceptors (Lipinski definition) is 5. The van der Waals surface area contributed by atoms with Crippen LogP contribution in [-0.4, -0.2) is 47.4 Å². The number of carbonyl (C=O) groups is 1. The fraction of sp³-hybridized carbons (Fsp3) is 0.519. The Morgan fingerprint density at radius 1 is 1.12 bits per heavy atom. The lowest BCUT2D eigenvalue weighted by Crippen LogP contribution is -2.34. The molecule has 0 radical (unpaired) electrons. The number of aryl methyl sites for hydroxylation is 1. The van der Waals surface area contributed by atoms with Crippen molar-refractivity contribution in [1.82, 2.24) is 20.1 Å². The van der Waals surface area contributed by atoms with Crippen molar-refractivity contribution in [3.8, 4) is 0 Å². The van der Waals surface area contributed by atoms with Crippen LogP contribution in [0.1, 0.15) is 62.6 Å². The molecule has 1 fully saturated rings. The van der Waals surface area contributed by atoms with Crippen LogP contribution in [0.3, 0.4) is 0 Å². The number of fused-ring (bicyclic) bond motifs is 1. The van der Waals surface area contributed by atoms with Gasteiger partial charge in [-0.25, -0.2) is 4.98 Å². The highest BCUT2D eigenvalue weighted by molar-refractivity contribution is 5.93. The maximum Gasteiger partial charge on any atom is 0.271 e. The second-order valence-electron chi connectivity index (χ2n) is 10.8. The summed E-state index contributed by atoms with van der Waals surface area (Å²) in [7, 11) is 4.14. The third-order valence-electron chi connectivity index (χ3n) is 6.68. The largest absolute Gasteiger partial charge is 0.377 e. The Hall–Kier alpha value is -3.09. The van der Waals surface area contributed by atoms with E-state index in [-0.39, 0.29) is 11.4 Å². The van der Waals surface area contributed by atoms with Crippen LogP contribution in [-0.2, 0) is 5.54 Å². The van der Waals surface area contributed by atoms with Gasteiger partial charge in [0.05, 0.1) is 11.1 Å². The normalized spacial score (nSPS) is 18.6. The zero-order chi connectivity index (χ0) is 24.5. The number of nitrogens with one attached hydrogen (secondary N) is 2. The van der Waals surface area contributed by atoms with Gasteiger partial charge < -0.3 is 15.5 Å². The van der Waals surface area contributed by atoms with E-state index in [1.165, 1.54) is 11.1 Å². The molecule has 0 spiro atoms. The summed E-state index contributed by atoms with van der Waals surface area (Å²) in [5.74, 6) is 1.35. The first kappa shape index (κ1) is 24.0. The number of benzene rings is 1. The van der Waals surface area contributed by atoms with Crippen molar-refractivity contribution in [2.45, 2.75) is 65.0 Å². The van der Waals surface area contributed by atoms with Crippen molar-refractivity contribution in [3.63, 3.8) is 0 Å². The smallest absolute Gasteiger partial charge is 0.271 e. The van der Waals surface area contributed by atoms with E-state index in [0.29, 0.717) is 24.2 Å². The number of para-hydroxylation sites is 1. The van der Waals surface area contributed by atoms with Crippen LogP contribution in [0.25, 0.3) is 10.9 Å². The summed E-state index contributed by atoms with van der Waals surface area (Å²) in [5.41, 5.74) is 3.55. The lowest BCUT2D eigenvalue weighted by Gasteiger charge is -2.30. The van der Waals surface area contributed by atoms with Crippen LogP contribution < -0.4 is 15.5 Å². The zero-order valence-electron chi connectivity index (χ0n) is 21.4. The molecule has 1 aliphatic rings. The predicted octanol–water partition coefficient (Wildman–Crippen LogP) is 4.96. The van der Waals surface area contributed by atoms with Crippen molar-refractivity contribution < 1.29 is 4.79 Å². The van der Waals surface area contributed by atoms with Crippen molar-refractivity contribution in [2.75, 3.05) is 30.9 Å². The molecule has 7 nitrogen and oxygen atoms in total. The Kier molecular flexibility index (Phi) is 6.82. The van der Waals surface area contributed by atoms with Crippen LogP contribution in [0.2, 0.25) is 0 Å². The van der Waals surface area contributed by atoms with E-state index in [9.17, 15) is 4.79 Å². The second kappa shape index (κ2) is 9.65. The third kappa shape index (κ3) is 5.34. The molecular formula is C27H38N6O. The monoisotopic (exact) mass is 462 g/mol. The molecule has 2 N–H and O–H groups in total. The van der Waals surface area contributed by atoms with Gasteiger partial charge in [-0.2, -0.15) is 5.10 Å². The lowest BCUT2D eigenvalue weighted by molar-refractivity contribution is 0.0936. The van der Waals surface area contributed by atoms with Crippen LogP contribution in [0.5, 0.6) is 0 Å². The van der Waals surface area contributed by atoms with E-state index in [2.05, 4.69) is 79.8 Å². The molecular weight excluding hydrogens is 424 g/mol. The van der Waals surface area contributed by atoms with Gasteiger partial charge in [-0.1, -0.05) is 18.2 Å². The standard InChI is InChI=1S/C27H38N6O/c1-18-15-23(31-33(18)27(2,3)4)26(34)28-17-19-11-13-20(14-12-19)29-25-16-24(32(5)6)21-9-7-8-10-22(21)30-25/h7-10,15-16,19-20H,11-14,17H2,1-6H3,(H,28,34)(H,29,30)/t19-,20+. The molecule has 7 heteroatoms. The Morgan fingerprint density at radius 2 is 1.82 bits per heavy atom. The Bertz CT molecular complexity index is 1150. The molecule has 4 rings (SSSR count). The molecule has 1 aromatic carbocycles. The average Bonchev–Trinajstić information content (AvgIpc) is 3.20. The summed E-state index contributed by atoms with van der Waals surface area (Å²) in [5, 5.41) is 12.5. The molecule has 0 bridgehead atoms. The van der Waals surface area contributed by atoms with E-state index in [4.69, 9.17) is 4.98 Å². The first-order valence-electron chi connectivity index (χ1n) is 12.3. The van der Waals surface area contributed by atoms with Gasteiger partial charge in [0, 0.05) is 49.5 Å². The van der Waals surface area contributed by atoms with E-state index < -0.39 is 0 Å².